The molecule has 0 aliphatic rings. The van der Waals surface area contributed by atoms with Gasteiger partial charge in [-0.1, -0.05) is 17.7 Å². The smallest absolute Gasteiger partial charge is 0.153 e. The third-order valence-electron chi connectivity index (χ3n) is 2.63. The molecule has 2 aromatic carbocycles. The number of phenolic OH excluding ortho intramolecular Hbond substituents is 1. The van der Waals surface area contributed by atoms with E-state index in [-0.39, 0.29) is 11.3 Å². The van der Waals surface area contributed by atoms with Gasteiger partial charge in [-0.25, -0.2) is 0 Å². The number of aldehydes is 1. The molecule has 0 aromatic heterocycles. The molecule has 0 radical (unpaired) electrons. The van der Waals surface area contributed by atoms with Gasteiger partial charge in [0.05, 0.1) is 12.7 Å². The number of benzene rings is 2. The van der Waals surface area contributed by atoms with Crippen LogP contribution in [-0.2, 0) is 0 Å². The second-order valence-electron chi connectivity index (χ2n) is 3.74. The number of phenols is 1. The summed E-state index contributed by atoms with van der Waals surface area (Å²) < 4.78 is 5.25. The zero-order chi connectivity index (χ0) is 13.1. The maximum atomic E-state index is 10.8. The summed E-state index contributed by atoms with van der Waals surface area (Å²) in [6.45, 7) is 0. The monoisotopic (exact) mass is 262 g/mol. The zero-order valence-corrected chi connectivity index (χ0v) is 10.4. The lowest BCUT2D eigenvalue weighted by Crippen LogP contribution is -1.89. The molecule has 3 nitrogen and oxygen atoms in total. The van der Waals surface area contributed by atoms with Gasteiger partial charge < -0.3 is 9.84 Å². The van der Waals surface area contributed by atoms with E-state index in [1.54, 1.807) is 31.4 Å². The van der Waals surface area contributed by atoms with E-state index < -0.39 is 0 Å². The van der Waals surface area contributed by atoms with Crippen molar-refractivity contribution in [3.8, 4) is 22.6 Å². The van der Waals surface area contributed by atoms with Crippen LogP contribution < -0.4 is 4.74 Å². The molecule has 0 unspecified atom stereocenters. The summed E-state index contributed by atoms with van der Waals surface area (Å²) in [5.74, 6) is 0.576. The van der Waals surface area contributed by atoms with Gasteiger partial charge >= 0.3 is 0 Å². The van der Waals surface area contributed by atoms with Crippen LogP contribution in [0.15, 0.2) is 36.4 Å². The third kappa shape index (κ3) is 2.31. The maximum absolute atomic E-state index is 10.8. The first-order valence-corrected chi connectivity index (χ1v) is 5.65. The first-order valence-electron chi connectivity index (χ1n) is 5.28. The Morgan fingerprint density at radius 1 is 1.22 bits per heavy atom. The van der Waals surface area contributed by atoms with Crippen LogP contribution >= 0.6 is 11.6 Å². The summed E-state index contributed by atoms with van der Waals surface area (Å²) in [6, 6.07) is 10.1. The average Bonchev–Trinajstić information content (AvgIpc) is 2.39. The number of hydrogen-bond acceptors (Lipinski definition) is 3. The Hall–Kier alpha value is -2.00. The van der Waals surface area contributed by atoms with E-state index in [0.29, 0.717) is 17.1 Å². The number of carbonyl (C=O) groups is 1. The van der Waals surface area contributed by atoms with Gasteiger partial charge in [0.2, 0.25) is 0 Å². The van der Waals surface area contributed by atoms with E-state index in [1.807, 2.05) is 6.07 Å². The molecule has 2 rings (SSSR count). The van der Waals surface area contributed by atoms with Crippen molar-refractivity contribution in [2.75, 3.05) is 7.11 Å². The Morgan fingerprint density at radius 3 is 2.67 bits per heavy atom. The van der Waals surface area contributed by atoms with Gasteiger partial charge in [-0.05, 0) is 35.9 Å². The fourth-order valence-electron chi connectivity index (χ4n) is 1.72. The lowest BCUT2D eigenvalue weighted by Gasteiger charge is -2.10. The molecule has 4 heteroatoms. The molecule has 2 aromatic rings. The standard InChI is InChI=1S/C14H11ClO3/c1-18-14-7-11(15)3-4-12(14)9-2-5-13(17)10(6-9)8-16/h2-8,17H,1H3. The van der Waals surface area contributed by atoms with Crippen molar-refractivity contribution >= 4 is 17.9 Å². The number of carbonyl (C=O) groups excluding carboxylic acids is 1. The number of halogens is 1. The van der Waals surface area contributed by atoms with Crippen molar-refractivity contribution in [3.05, 3.63) is 47.0 Å². The van der Waals surface area contributed by atoms with Crippen molar-refractivity contribution in [2.24, 2.45) is 0 Å². The lowest BCUT2D eigenvalue weighted by molar-refractivity contribution is 0.112. The highest BCUT2D eigenvalue weighted by Crippen LogP contribution is 2.34. The quantitative estimate of drug-likeness (QED) is 0.861. The lowest BCUT2D eigenvalue weighted by atomic mass is 10.0. The van der Waals surface area contributed by atoms with E-state index in [4.69, 9.17) is 16.3 Å². The topological polar surface area (TPSA) is 46.5 Å². The largest absolute Gasteiger partial charge is 0.507 e. The van der Waals surface area contributed by atoms with Crippen LogP contribution in [0, 0.1) is 0 Å². The predicted octanol–water partition coefficient (Wildman–Crippen LogP) is 3.53. The Balaban J connectivity index is 2.58. The Kier molecular flexibility index (Phi) is 3.53. The normalized spacial score (nSPS) is 10.1. The van der Waals surface area contributed by atoms with Gasteiger partial charge in [0.15, 0.2) is 6.29 Å². The van der Waals surface area contributed by atoms with Gasteiger partial charge in [0.25, 0.3) is 0 Å². The van der Waals surface area contributed by atoms with Crippen LogP contribution in [0.3, 0.4) is 0 Å². The van der Waals surface area contributed by atoms with Crippen LogP contribution in [0.25, 0.3) is 11.1 Å². The van der Waals surface area contributed by atoms with Crippen molar-refractivity contribution < 1.29 is 14.6 Å². The van der Waals surface area contributed by atoms with Crippen LogP contribution in [0.5, 0.6) is 11.5 Å². The molecule has 18 heavy (non-hydrogen) atoms. The fourth-order valence-corrected chi connectivity index (χ4v) is 1.88. The van der Waals surface area contributed by atoms with E-state index >= 15 is 0 Å². The van der Waals surface area contributed by atoms with E-state index in [0.717, 1.165) is 11.1 Å². The molecule has 0 heterocycles. The van der Waals surface area contributed by atoms with Crippen LogP contribution in [-0.4, -0.2) is 18.5 Å². The average molecular weight is 263 g/mol. The number of hydrogen-bond donors (Lipinski definition) is 1. The molecule has 0 saturated carbocycles. The number of methoxy groups -OCH3 is 1. The SMILES string of the molecule is COc1cc(Cl)ccc1-c1ccc(O)c(C=O)c1. The molecule has 0 fully saturated rings. The summed E-state index contributed by atoms with van der Waals surface area (Å²) >= 11 is 5.89. The van der Waals surface area contributed by atoms with Crippen molar-refractivity contribution in [2.45, 2.75) is 0 Å². The minimum atomic E-state index is -0.0401. The predicted molar refractivity (Wildman–Crippen MR) is 70.5 cm³/mol. The highest BCUT2D eigenvalue weighted by atomic mass is 35.5. The van der Waals surface area contributed by atoms with Gasteiger partial charge in [-0.15, -0.1) is 0 Å². The van der Waals surface area contributed by atoms with Gasteiger partial charge in [-0.2, -0.15) is 0 Å². The second kappa shape index (κ2) is 5.10. The molecule has 0 atom stereocenters. The highest BCUT2D eigenvalue weighted by molar-refractivity contribution is 6.30. The second-order valence-corrected chi connectivity index (χ2v) is 4.17. The number of ether oxygens (including phenoxy) is 1. The number of rotatable bonds is 3. The molecular formula is C14H11ClO3. The van der Waals surface area contributed by atoms with Crippen molar-refractivity contribution in [1.82, 2.24) is 0 Å². The molecule has 1 N–H and O–H groups in total. The maximum Gasteiger partial charge on any atom is 0.153 e. The van der Waals surface area contributed by atoms with Gasteiger partial charge in [0.1, 0.15) is 11.5 Å². The van der Waals surface area contributed by atoms with E-state index in [9.17, 15) is 9.90 Å². The summed E-state index contributed by atoms with van der Waals surface area (Å²) in [5.41, 5.74) is 1.83. The number of aromatic hydroxyl groups is 1. The summed E-state index contributed by atoms with van der Waals surface area (Å²) in [7, 11) is 1.55. The van der Waals surface area contributed by atoms with Crippen molar-refractivity contribution in [1.29, 1.82) is 0 Å². The first-order chi connectivity index (χ1) is 8.65. The van der Waals surface area contributed by atoms with Crippen molar-refractivity contribution in [3.63, 3.8) is 0 Å². The summed E-state index contributed by atoms with van der Waals surface area (Å²) in [6.07, 6.45) is 0.612. The first kappa shape index (κ1) is 12.5. The van der Waals surface area contributed by atoms with Crippen LogP contribution in [0.2, 0.25) is 5.02 Å². The molecule has 0 bridgehead atoms. The van der Waals surface area contributed by atoms with E-state index in [2.05, 4.69) is 0 Å². The van der Waals surface area contributed by atoms with E-state index in [1.165, 1.54) is 6.07 Å². The molecule has 0 aliphatic heterocycles. The minimum absolute atomic E-state index is 0.0401. The molecule has 0 spiro atoms. The van der Waals surface area contributed by atoms with Gasteiger partial charge in [0, 0.05) is 10.6 Å². The molecular weight excluding hydrogens is 252 g/mol. The van der Waals surface area contributed by atoms with Crippen LogP contribution in [0.4, 0.5) is 0 Å². The molecule has 0 saturated heterocycles. The van der Waals surface area contributed by atoms with Crippen LogP contribution in [0.1, 0.15) is 10.4 Å². The minimum Gasteiger partial charge on any atom is -0.507 e. The zero-order valence-electron chi connectivity index (χ0n) is 9.68. The molecule has 92 valence electrons. The fraction of sp³-hybridized carbons (Fsp3) is 0.0714. The molecule has 0 amide bonds. The summed E-state index contributed by atoms with van der Waals surface area (Å²) in [5, 5.41) is 10.0. The Labute approximate surface area is 110 Å². The Morgan fingerprint density at radius 2 is 2.00 bits per heavy atom. The Bertz CT molecular complexity index is 594. The molecule has 0 aliphatic carbocycles. The third-order valence-corrected chi connectivity index (χ3v) is 2.86. The summed E-state index contributed by atoms with van der Waals surface area (Å²) in [4.78, 5) is 10.8. The van der Waals surface area contributed by atoms with Gasteiger partial charge in [-0.3, -0.25) is 4.79 Å². The highest BCUT2D eigenvalue weighted by Gasteiger charge is 2.09.